The maximum atomic E-state index is 13.9. The molecule has 1 amide bonds. The molecule has 0 saturated carbocycles. The van der Waals surface area contributed by atoms with Crippen LogP contribution in [0.5, 0.6) is 5.75 Å². The lowest BCUT2D eigenvalue weighted by atomic mass is 10.0. The predicted molar refractivity (Wildman–Crippen MR) is 140 cm³/mol. The number of carbonyl (C=O) groups excluding carboxylic acids is 1. The van der Waals surface area contributed by atoms with Crippen molar-refractivity contribution in [1.29, 1.82) is 5.41 Å². The highest BCUT2D eigenvalue weighted by molar-refractivity contribution is 6.07. The third kappa shape index (κ3) is 5.25. The van der Waals surface area contributed by atoms with E-state index < -0.39 is 0 Å². The molecule has 2 N–H and O–H groups in total. The van der Waals surface area contributed by atoms with Gasteiger partial charge >= 0.3 is 0 Å². The number of nitrogens with zero attached hydrogens (tertiary/aromatic N) is 2. The third-order valence-electron chi connectivity index (χ3n) is 6.80. The van der Waals surface area contributed by atoms with Crippen LogP contribution in [0.25, 0.3) is 0 Å². The van der Waals surface area contributed by atoms with E-state index in [9.17, 15) is 4.79 Å². The van der Waals surface area contributed by atoms with Crippen molar-refractivity contribution in [3.8, 4) is 5.75 Å². The van der Waals surface area contributed by atoms with Crippen LogP contribution in [0.4, 0.5) is 11.4 Å². The molecular weight excluding hydrogens is 440 g/mol. The zero-order valence-electron chi connectivity index (χ0n) is 20.9. The van der Waals surface area contributed by atoms with Gasteiger partial charge in [0.2, 0.25) is 0 Å². The molecule has 1 atom stereocenters. The van der Waals surface area contributed by atoms with E-state index in [0.717, 1.165) is 65.4 Å². The molecule has 4 rings (SSSR count). The number of ether oxygens (including phenoxy) is 2. The fourth-order valence-corrected chi connectivity index (χ4v) is 4.47. The lowest BCUT2D eigenvalue weighted by Crippen LogP contribution is -2.32. The number of rotatable bonds is 8. The Bertz CT molecular complexity index is 1210. The van der Waals surface area contributed by atoms with Gasteiger partial charge in [-0.2, -0.15) is 0 Å². The molecule has 2 aromatic carbocycles. The van der Waals surface area contributed by atoms with Crippen molar-refractivity contribution in [3.63, 3.8) is 0 Å². The predicted octanol–water partition coefficient (Wildman–Crippen LogP) is 5.43. The van der Waals surface area contributed by atoms with Gasteiger partial charge in [0.15, 0.2) is 0 Å². The van der Waals surface area contributed by atoms with E-state index in [1.54, 1.807) is 12.0 Å². The monoisotopic (exact) mass is 474 g/mol. The van der Waals surface area contributed by atoms with Crippen LogP contribution in [0.15, 0.2) is 48.7 Å². The molecule has 2 heterocycles. The normalized spacial score (nSPS) is 15.5. The summed E-state index contributed by atoms with van der Waals surface area (Å²) >= 11 is 0. The Morgan fingerprint density at radius 2 is 2.09 bits per heavy atom. The zero-order valence-corrected chi connectivity index (χ0v) is 20.9. The number of aryl methyl sites for hydroxylation is 1. The Labute approximate surface area is 207 Å². The maximum Gasteiger partial charge on any atom is 0.260 e. The SMILES string of the molecule is COc1cccc(CN(C(=O)c2ccn(C)c2C)c2ccc(C=N)c(NC3CCCCO3)c2)c1C. The second-order valence-electron chi connectivity index (χ2n) is 8.98. The molecule has 1 aromatic heterocycles. The van der Waals surface area contributed by atoms with Crippen molar-refractivity contribution in [2.45, 2.75) is 45.9 Å². The number of carbonyl (C=O) groups is 1. The van der Waals surface area contributed by atoms with Crippen LogP contribution in [-0.2, 0) is 18.3 Å². The van der Waals surface area contributed by atoms with Crippen LogP contribution >= 0.6 is 0 Å². The van der Waals surface area contributed by atoms with Gasteiger partial charge in [0.05, 0.1) is 19.2 Å². The van der Waals surface area contributed by atoms with Crippen LogP contribution in [0.2, 0.25) is 0 Å². The summed E-state index contributed by atoms with van der Waals surface area (Å²) in [5.41, 5.74) is 5.87. The van der Waals surface area contributed by atoms with Gasteiger partial charge in [-0.15, -0.1) is 0 Å². The topological polar surface area (TPSA) is 79.6 Å². The molecule has 1 unspecified atom stereocenters. The van der Waals surface area contributed by atoms with Gasteiger partial charge in [-0.05, 0) is 74.6 Å². The second-order valence-corrected chi connectivity index (χ2v) is 8.98. The van der Waals surface area contributed by atoms with E-state index in [2.05, 4.69) is 5.32 Å². The molecule has 0 spiro atoms. The minimum atomic E-state index is -0.0983. The Morgan fingerprint density at radius 1 is 1.26 bits per heavy atom. The van der Waals surface area contributed by atoms with E-state index in [1.165, 1.54) is 6.21 Å². The Hall–Kier alpha value is -3.58. The fraction of sp³-hybridized carbons (Fsp3) is 0.357. The molecule has 0 radical (unpaired) electrons. The van der Waals surface area contributed by atoms with Crippen LogP contribution in [0, 0.1) is 19.3 Å². The number of methoxy groups -OCH3 is 1. The molecule has 1 saturated heterocycles. The maximum absolute atomic E-state index is 13.9. The fourth-order valence-electron chi connectivity index (χ4n) is 4.47. The first kappa shape index (κ1) is 24.5. The lowest BCUT2D eigenvalue weighted by molar-refractivity contribution is 0.0343. The highest BCUT2D eigenvalue weighted by Gasteiger charge is 2.24. The first-order valence-electron chi connectivity index (χ1n) is 12.0. The highest BCUT2D eigenvalue weighted by atomic mass is 16.5. The summed E-state index contributed by atoms with van der Waals surface area (Å²) in [7, 11) is 3.59. The number of anilines is 2. The second kappa shape index (κ2) is 10.8. The molecule has 1 aliphatic rings. The van der Waals surface area contributed by atoms with Gasteiger partial charge in [-0.3, -0.25) is 4.79 Å². The zero-order chi connectivity index (χ0) is 24.9. The van der Waals surface area contributed by atoms with Crippen molar-refractivity contribution in [2.24, 2.45) is 7.05 Å². The number of amides is 1. The van der Waals surface area contributed by atoms with Gasteiger partial charge in [0.1, 0.15) is 12.0 Å². The average molecular weight is 475 g/mol. The number of benzene rings is 2. The van der Waals surface area contributed by atoms with E-state index in [4.69, 9.17) is 14.9 Å². The molecule has 0 bridgehead atoms. The number of hydrogen-bond acceptors (Lipinski definition) is 5. The number of nitrogens with one attached hydrogen (secondary N) is 2. The summed E-state index contributed by atoms with van der Waals surface area (Å²) in [4.78, 5) is 15.7. The van der Waals surface area contributed by atoms with Crippen molar-refractivity contribution in [2.75, 3.05) is 23.9 Å². The molecule has 1 fully saturated rings. The summed E-state index contributed by atoms with van der Waals surface area (Å²) < 4.78 is 13.3. The van der Waals surface area contributed by atoms with E-state index in [1.807, 2.05) is 74.1 Å². The van der Waals surface area contributed by atoms with Gasteiger partial charge in [-0.1, -0.05) is 12.1 Å². The molecule has 0 aliphatic carbocycles. The van der Waals surface area contributed by atoms with Crippen molar-refractivity contribution in [3.05, 3.63) is 76.6 Å². The summed E-state index contributed by atoms with van der Waals surface area (Å²) in [5.74, 6) is 0.717. The van der Waals surface area contributed by atoms with Crippen molar-refractivity contribution in [1.82, 2.24) is 4.57 Å². The molecule has 1 aliphatic heterocycles. The summed E-state index contributed by atoms with van der Waals surface area (Å²) in [6, 6.07) is 13.5. The summed E-state index contributed by atoms with van der Waals surface area (Å²) in [6.45, 7) is 5.08. The van der Waals surface area contributed by atoms with Gasteiger partial charge < -0.3 is 29.7 Å². The number of aromatic nitrogens is 1. The van der Waals surface area contributed by atoms with Crippen LogP contribution < -0.4 is 15.0 Å². The molecule has 7 nitrogen and oxygen atoms in total. The van der Waals surface area contributed by atoms with Gasteiger partial charge in [0.25, 0.3) is 5.91 Å². The first-order valence-corrected chi connectivity index (χ1v) is 12.0. The van der Waals surface area contributed by atoms with Crippen LogP contribution in [-0.4, -0.2) is 36.6 Å². The Morgan fingerprint density at radius 3 is 2.74 bits per heavy atom. The molecular formula is C28H34N4O3. The molecule has 35 heavy (non-hydrogen) atoms. The van der Waals surface area contributed by atoms with Crippen molar-refractivity contribution >= 4 is 23.5 Å². The average Bonchev–Trinajstić information content (AvgIpc) is 3.21. The third-order valence-corrected chi connectivity index (χ3v) is 6.80. The summed E-state index contributed by atoms with van der Waals surface area (Å²) in [6.07, 6.45) is 6.21. The highest BCUT2D eigenvalue weighted by Crippen LogP contribution is 2.30. The standard InChI is InChI=1S/C28H34N4O3/c1-19-22(8-7-9-26(19)34-4)18-32(28(33)24-13-14-31(3)20(24)2)23-12-11-21(17-29)25(16-23)30-27-10-5-6-15-35-27/h7-9,11-14,16-17,27,29-30H,5-6,10,15,18H2,1-4H3. The van der Waals surface area contributed by atoms with Gasteiger partial charge in [0, 0.05) is 48.7 Å². The minimum absolute atomic E-state index is 0.0761. The van der Waals surface area contributed by atoms with Crippen LogP contribution in [0.3, 0.4) is 0 Å². The van der Waals surface area contributed by atoms with Crippen LogP contribution in [0.1, 0.15) is 52.0 Å². The lowest BCUT2D eigenvalue weighted by Gasteiger charge is -2.28. The quantitative estimate of drug-likeness (QED) is 0.427. The van der Waals surface area contributed by atoms with Crippen molar-refractivity contribution < 1.29 is 14.3 Å². The summed E-state index contributed by atoms with van der Waals surface area (Å²) in [5, 5.41) is 11.3. The number of hydrogen-bond donors (Lipinski definition) is 2. The minimum Gasteiger partial charge on any atom is -0.496 e. The first-order chi connectivity index (χ1) is 16.9. The van der Waals surface area contributed by atoms with E-state index in [0.29, 0.717) is 12.1 Å². The Balaban J connectivity index is 1.75. The molecule has 184 valence electrons. The van der Waals surface area contributed by atoms with Gasteiger partial charge in [-0.25, -0.2) is 0 Å². The smallest absolute Gasteiger partial charge is 0.260 e. The molecule has 7 heteroatoms. The Kier molecular flexibility index (Phi) is 7.56. The van der Waals surface area contributed by atoms with E-state index in [-0.39, 0.29) is 12.1 Å². The molecule has 3 aromatic rings. The largest absolute Gasteiger partial charge is 0.496 e. The van der Waals surface area contributed by atoms with E-state index >= 15 is 0 Å².